The van der Waals surface area contributed by atoms with Crippen molar-refractivity contribution in [3.63, 3.8) is 0 Å². The van der Waals surface area contributed by atoms with Crippen LogP contribution < -0.4 is 10.6 Å². The summed E-state index contributed by atoms with van der Waals surface area (Å²) in [5.74, 6) is 0. The highest BCUT2D eigenvalue weighted by molar-refractivity contribution is 7.98. The monoisotopic (exact) mass is 347 g/mol. The Morgan fingerprint density at radius 3 is 2.54 bits per heavy atom. The Balaban J connectivity index is 1.82. The Morgan fingerprint density at radius 1 is 1.29 bits per heavy atom. The third-order valence-corrected chi connectivity index (χ3v) is 4.54. The second kappa shape index (κ2) is 8.75. The van der Waals surface area contributed by atoms with E-state index in [0.29, 0.717) is 13.1 Å². The molecule has 130 valence electrons. The van der Waals surface area contributed by atoms with Crippen LogP contribution in [-0.4, -0.2) is 47.6 Å². The molecule has 2 amide bonds. The van der Waals surface area contributed by atoms with E-state index in [1.165, 1.54) is 4.90 Å². The quantitative estimate of drug-likeness (QED) is 0.754. The van der Waals surface area contributed by atoms with Gasteiger partial charge in [-0.2, -0.15) is 5.10 Å². The third kappa shape index (κ3) is 5.28. The number of urea groups is 1. The number of rotatable bonds is 7. The number of carbonyl (C=O) groups is 1. The molecular formula is C17H25N5OS. The molecule has 1 heterocycles. The lowest BCUT2D eigenvalue weighted by atomic mass is 10.1. The van der Waals surface area contributed by atoms with Gasteiger partial charge < -0.3 is 15.5 Å². The second-order valence-electron chi connectivity index (χ2n) is 5.84. The molecule has 0 radical (unpaired) electrons. The lowest BCUT2D eigenvalue weighted by Crippen LogP contribution is -2.40. The predicted octanol–water partition coefficient (Wildman–Crippen LogP) is 2.24. The molecule has 6 nitrogen and oxygen atoms in total. The summed E-state index contributed by atoms with van der Waals surface area (Å²) >= 11 is 1.70. The van der Waals surface area contributed by atoms with E-state index in [9.17, 15) is 4.79 Å². The molecule has 2 rings (SSSR count). The van der Waals surface area contributed by atoms with E-state index in [2.05, 4.69) is 32.8 Å². The highest BCUT2D eigenvalue weighted by atomic mass is 32.2. The highest BCUT2D eigenvalue weighted by Crippen LogP contribution is 2.16. The summed E-state index contributed by atoms with van der Waals surface area (Å²) < 4.78 is 1.77. The van der Waals surface area contributed by atoms with E-state index in [1.807, 2.05) is 51.9 Å². The number of amides is 2. The number of thioether (sulfide) groups is 1. The van der Waals surface area contributed by atoms with Crippen LogP contribution in [-0.2, 0) is 13.6 Å². The predicted molar refractivity (Wildman–Crippen MR) is 98.1 cm³/mol. The molecule has 0 unspecified atom stereocenters. The Labute approximate surface area is 147 Å². The Morgan fingerprint density at radius 2 is 2.00 bits per heavy atom. The number of benzene rings is 1. The van der Waals surface area contributed by atoms with Gasteiger partial charge in [0.15, 0.2) is 0 Å². The largest absolute Gasteiger partial charge is 0.336 e. The molecule has 0 aliphatic heterocycles. The summed E-state index contributed by atoms with van der Waals surface area (Å²) in [4.78, 5) is 15.3. The van der Waals surface area contributed by atoms with Crippen LogP contribution in [0.3, 0.4) is 0 Å². The Hall–Kier alpha value is -1.99. The number of aryl methyl sites for hydroxylation is 1. The van der Waals surface area contributed by atoms with Gasteiger partial charge in [0.25, 0.3) is 0 Å². The van der Waals surface area contributed by atoms with Crippen molar-refractivity contribution in [2.45, 2.75) is 17.5 Å². The number of likely N-dealkylation sites (N-methyl/N-ethyl adjacent to an activating group) is 1. The van der Waals surface area contributed by atoms with Gasteiger partial charge >= 0.3 is 6.03 Å². The molecule has 1 aromatic heterocycles. The van der Waals surface area contributed by atoms with Gasteiger partial charge in [-0.25, -0.2) is 4.79 Å². The first-order valence-corrected chi connectivity index (χ1v) is 9.01. The summed E-state index contributed by atoms with van der Waals surface area (Å²) in [6.45, 7) is 1.04. The van der Waals surface area contributed by atoms with Crippen molar-refractivity contribution in [2.24, 2.45) is 7.05 Å². The van der Waals surface area contributed by atoms with Crippen LogP contribution >= 0.6 is 11.8 Å². The smallest absolute Gasteiger partial charge is 0.315 e. The summed E-state index contributed by atoms with van der Waals surface area (Å²) in [7, 11) is 5.87. The maximum Gasteiger partial charge on any atom is 0.315 e. The van der Waals surface area contributed by atoms with Gasteiger partial charge in [-0.15, -0.1) is 11.8 Å². The Kier molecular flexibility index (Phi) is 6.69. The standard InChI is InChI=1S/C17H25N5OS/c1-21(2)16(14-10-20-22(3)12-14)11-19-17(23)18-9-13-5-7-15(24-4)8-6-13/h5-8,10,12,16H,9,11H2,1-4H3,(H2,18,19,23)/t16-/m1/s1. The molecule has 1 atom stereocenters. The average Bonchev–Trinajstić information content (AvgIpc) is 2.99. The zero-order chi connectivity index (χ0) is 17.5. The van der Waals surface area contributed by atoms with E-state index in [4.69, 9.17) is 0 Å². The number of hydrogen-bond acceptors (Lipinski definition) is 4. The van der Waals surface area contributed by atoms with Crippen molar-refractivity contribution in [3.8, 4) is 0 Å². The van der Waals surface area contributed by atoms with Crippen molar-refractivity contribution in [1.82, 2.24) is 25.3 Å². The minimum atomic E-state index is -0.167. The minimum Gasteiger partial charge on any atom is -0.336 e. The van der Waals surface area contributed by atoms with Crippen molar-refractivity contribution in [1.29, 1.82) is 0 Å². The molecule has 0 saturated carbocycles. The molecular weight excluding hydrogens is 322 g/mol. The van der Waals surface area contributed by atoms with Crippen LogP contribution in [0.2, 0.25) is 0 Å². The van der Waals surface area contributed by atoms with Gasteiger partial charge in [0.05, 0.1) is 12.2 Å². The number of aromatic nitrogens is 2. The van der Waals surface area contributed by atoms with E-state index >= 15 is 0 Å². The highest BCUT2D eigenvalue weighted by Gasteiger charge is 2.16. The van der Waals surface area contributed by atoms with Crippen molar-refractivity contribution in [2.75, 3.05) is 26.9 Å². The molecule has 0 bridgehead atoms. The number of nitrogens with one attached hydrogen (secondary N) is 2. The fourth-order valence-electron chi connectivity index (χ4n) is 2.39. The van der Waals surface area contributed by atoms with Gasteiger partial charge in [-0.1, -0.05) is 12.1 Å². The van der Waals surface area contributed by atoms with Gasteiger partial charge in [0.1, 0.15) is 0 Å². The van der Waals surface area contributed by atoms with Crippen molar-refractivity contribution >= 4 is 17.8 Å². The fraction of sp³-hybridized carbons (Fsp3) is 0.412. The molecule has 0 aliphatic rings. The summed E-state index contributed by atoms with van der Waals surface area (Å²) in [5, 5.41) is 10.0. The molecule has 0 spiro atoms. The van der Waals surface area contributed by atoms with Crippen LogP contribution in [0, 0.1) is 0 Å². The minimum absolute atomic E-state index is 0.0883. The van der Waals surface area contributed by atoms with Gasteiger partial charge in [-0.3, -0.25) is 4.68 Å². The number of carbonyl (C=O) groups excluding carboxylic acids is 1. The van der Waals surface area contributed by atoms with E-state index < -0.39 is 0 Å². The van der Waals surface area contributed by atoms with Crippen molar-refractivity contribution in [3.05, 3.63) is 47.8 Å². The molecule has 1 aromatic carbocycles. The van der Waals surface area contributed by atoms with Crippen LogP contribution in [0.25, 0.3) is 0 Å². The van der Waals surface area contributed by atoms with Gasteiger partial charge in [-0.05, 0) is 38.0 Å². The number of nitrogens with zero attached hydrogens (tertiary/aromatic N) is 3. The average molecular weight is 347 g/mol. The molecule has 0 fully saturated rings. The molecule has 0 aliphatic carbocycles. The number of hydrogen-bond donors (Lipinski definition) is 2. The van der Waals surface area contributed by atoms with Crippen LogP contribution in [0.5, 0.6) is 0 Å². The SMILES string of the molecule is CSc1ccc(CNC(=O)NC[C@H](c2cnn(C)c2)N(C)C)cc1. The van der Waals surface area contributed by atoms with E-state index in [1.54, 1.807) is 16.4 Å². The molecule has 7 heteroatoms. The summed E-state index contributed by atoms with van der Waals surface area (Å²) in [6, 6.07) is 8.10. The first kappa shape index (κ1) is 18.4. The maximum absolute atomic E-state index is 12.0. The normalized spacial score (nSPS) is 12.2. The molecule has 2 aromatic rings. The van der Waals surface area contributed by atoms with E-state index in [0.717, 1.165) is 11.1 Å². The summed E-state index contributed by atoms with van der Waals surface area (Å²) in [5.41, 5.74) is 2.16. The molecule has 2 N–H and O–H groups in total. The van der Waals surface area contributed by atoms with Crippen LogP contribution in [0.15, 0.2) is 41.6 Å². The zero-order valence-corrected chi connectivity index (χ0v) is 15.4. The van der Waals surface area contributed by atoms with Crippen LogP contribution in [0.1, 0.15) is 17.2 Å². The summed E-state index contributed by atoms with van der Waals surface area (Å²) in [6.07, 6.45) is 5.85. The lowest BCUT2D eigenvalue weighted by molar-refractivity contribution is 0.232. The van der Waals surface area contributed by atoms with Crippen molar-refractivity contribution < 1.29 is 4.79 Å². The van der Waals surface area contributed by atoms with Gasteiger partial charge in [0, 0.05) is 36.8 Å². The first-order valence-electron chi connectivity index (χ1n) is 7.79. The van der Waals surface area contributed by atoms with E-state index in [-0.39, 0.29) is 12.1 Å². The molecule has 24 heavy (non-hydrogen) atoms. The zero-order valence-electron chi connectivity index (χ0n) is 14.6. The van der Waals surface area contributed by atoms with Gasteiger partial charge in [0.2, 0.25) is 0 Å². The lowest BCUT2D eigenvalue weighted by Gasteiger charge is -2.23. The first-order chi connectivity index (χ1) is 11.5. The maximum atomic E-state index is 12.0. The topological polar surface area (TPSA) is 62.2 Å². The molecule has 0 saturated heterocycles. The Bertz CT molecular complexity index is 653. The second-order valence-corrected chi connectivity index (χ2v) is 6.72. The third-order valence-electron chi connectivity index (χ3n) is 3.80. The fourth-order valence-corrected chi connectivity index (χ4v) is 2.80. The van der Waals surface area contributed by atoms with Crippen LogP contribution in [0.4, 0.5) is 4.79 Å².